The number of aromatic nitrogens is 3. The molecule has 130 valence electrons. The Morgan fingerprint density at radius 2 is 2.16 bits per heavy atom. The molecule has 0 spiro atoms. The number of aliphatic hydroxyl groups is 1. The number of β-amino-alcohol motifs (C(OH)–C–C–N with tert-alkyl or cyclic N) is 1. The smallest absolute Gasteiger partial charge is 0.157 e. The first-order valence-electron chi connectivity index (χ1n) is 8.15. The van der Waals surface area contributed by atoms with E-state index in [1.165, 1.54) is 6.07 Å². The van der Waals surface area contributed by atoms with Gasteiger partial charge in [-0.15, -0.1) is 0 Å². The average Bonchev–Trinajstić information content (AvgIpc) is 3.14. The normalized spacial score (nSPS) is 20.4. The zero-order valence-electron chi connectivity index (χ0n) is 14.1. The van der Waals surface area contributed by atoms with Crippen molar-refractivity contribution in [2.24, 2.45) is 7.05 Å². The van der Waals surface area contributed by atoms with E-state index in [1.807, 2.05) is 31.0 Å². The van der Waals surface area contributed by atoms with Gasteiger partial charge in [-0.1, -0.05) is 12.1 Å². The van der Waals surface area contributed by atoms with E-state index in [0.717, 1.165) is 16.8 Å². The highest BCUT2D eigenvalue weighted by atomic mass is 19.1. The molecule has 1 saturated heterocycles. The number of anilines is 1. The fraction of sp³-hybridized carbons (Fsp3) is 0.333. The van der Waals surface area contributed by atoms with Crippen molar-refractivity contribution in [1.82, 2.24) is 14.8 Å². The Labute approximate surface area is 144 Å². The van der Waals surface area contributed by atoms with Crippen molar-refractivity contribution in [1.29, 1.82) is 0 Å². The fourth-order valence-corrected chi connectivity index (χ4v) is 3.29. The topological polar surface area (TPSA) is 63.4 Å². The number of halogens is 1. The monoisotopic (exact) mass is 342 g/mol. The fourth-order valence-electron chi connectivity index (χ4n) is 3.29. The zero-order valence-corrected chi connectivity index (χ0v) is 14.1. The van der Waals surface area contributed by atoms with Crippen LogP contribution in [0.25, 0.3) is 10.9 Å². The minimum absolute atomic E-state index is 0.342. The Balaban J connectivity index is 1.65. The van der Waals surface area contributed by atoms with Crippen LogP contribution >= 0.6 is 0 Å². The van der Waals surface area contributed by atoms with Gasteiger partial charge in [0.25, 0.3) is 0 Å². The number of aryl methyl sites for hydroxylation is 2. The van der Waals surface area contributed by atoms with Gasteiger partial charge in [0.2, 0.25) is 0 Å². The molecular weight excluding hydrogens is 323 g/mol. The first-order chi connectivity index (χ1) is 12.0. The molecule has 3 heterocycles. The molecule has 2 aromatic heterocycles. The zero-order chi connectivity index (χ0) is 17.6. The van der Waals surface area contributed by atoms with Crippen molar-refractivity contribution < 1.29 is 14.2 Å². The van der Waals surface area contributed by atoms with Crippen LogP contribution in [0, 0.1) is 12.7 Å². The molecule has 4 rings (SSSR count). The quantitative estimate of drug-likeness (QED) is 0.789. The lowest BCUT2D eigenvalue weighted by molar-refractivity contribution is 0.0737. The Hall–Kier alpha value is -2.67. The summed E-state index contributed by atoms with van der Waals surface area (Å²) in [5.74, 6) is 0.278. The van der Waals surface area contributed by atoms with Gasteiger partial charge in [0.15, 0.2) is 5.75 Å². The molecule has 7 heteroatoms. The van der Waals surface area contributed by atoms with Gasteiger partial charge >= 0.3 is 0 Å². The molecule has 6 nitrogen and oxygen atoms in total. The highest BCUT2D eigenvalue weighted by molar-refractivity contribution is 5.92. The van der Waals surface area contributed by atoms with Crippen molar-refractivity contribution >= 4 is 16.6 Å². The average molecular weight is 342 g/mol. The summed E-state index contributed by atoms with van der Waals surface area (Å²) in [4.78, 5) is 6.33. The molecule has 1 fully saturated rings. The summed E-state index contributed by atoms with van der Waals surface area (Å²) in [5.41, 5.74) is 1.95. The molecular formula is C18H19FN4O2. The second-order valence-corrected chi connectivity index (χ2v) is 6.40. The molecule has 3 aromatic rings. The van der Waals surface area contributed by atoms with E-state index in [9.17, 15) is 9.50 Å². The molecule has 0 bridgehead atoms. The van der Waals surface area contributed by atoms with Crippen molar-refractivity contribution in [2.75, 3.05) is 18.0 Å². The van der Waals surface area contributed by atoms with Crippen molar-refractivity contribution in [2.45, 2.75) is 19.1 Å². The second kappa shape index (κ2) is 6.00. The van der Waals surface area contributed by atoms with Crippen LogP contribution in [-0.2, 0) is 7.05 Å². The summed E-state index contributed by atoms with van der Waals surface area (Å²) in [6.45, 7) is 2.76. The predicted octanol–water partition coefficient (Wildman–Crippen LogP) is 2.04. The van der Waals surface area contributed by atoms with Crippen LogP contribution in [0.3, 0.4) is 0 Å². The van der Waals surface area contributed by atoms with Gasteiger partial charge in [-0.25, -0.2) is 9.37 Å². The summed E-state index contributed by atoms with van der Waals surface area (Å²) in [6.07, 6.45) is 2.37. The number of para-hydroxylation sites is 1. The molecule has 1 aliphatic heterocycles. The number of rotatable bonds is 3. The molecule has 1 aromatic carbocycles. The third-order valence-corrected chi connectivity index (χ3v) is 4.44. The van der Waals surface area contributed by atoms with Gasteiger partial charge in [0, 0.05) is 30.4 Å². The van der Waals surface area contributed by atoms with Crippen molar-refractivity contribution in [3.05, 3.63) is 48.2 Å². The first kappa shape index (κ1) is 15.8. The van der Waals surface area contributed by atoms with E-state index in [-0.39, 0.29) is 11.9 Å². The Morgan fingerprint density at radius 1 is 1.32 bits per heavy atom. The molecule has 1 aliphatic rings. The van der Waals surface area contributed by atoms with E-state index in [4.69, 9.17) is 4.74 Å². The Morgan fingerprint density at radius 3 is 2.92 bits per heavy atom. The van der Waals surface area contributed by atoms with Crippen molar-refractivity contribution in [3.8, 4) is 5.75 Å². The molecule has 0 saturated carbocycles. The summed E-state index contributed by atoms with van der Waals surface area (Å²) < 4.78 is 21.6. The van der Waals surface area contributed by atoms with Crippen LogP contribution in [0.15, 0.2) is 36.7 Å². The molecule has 2 atom stereocenters. The maximum absolute atomic E-state index is 14.1. The van der Waals surface area contributed by atoms with Crippen LogP contribution in [0.5, 0.6) is 5.75 Å². The molecule has 0 radical (unpaired) electrons. The van der Waals surface area contributed by atoms with Gasteiger partial charge in [-0.2, -0.15) is 5.10 Å². The standard InChI is InChI=1S/C18H19FN4O2/c1-11-6-15(13-4-3-5-14(19)18(13)21-11)23-9-16(24)17(10-23)25-12-7-20-22(2)8-12/h3-8,16-17,24H,9-10H2,1-2H3/t16-,17-/m1/s1. The minimum Gasteiger partial charge on any atom is -0.482 e. The highest BCUT2D eigenvalue weighted by Crippen LogP contribution is 2.31. The molecule has 1 N–H and O–H groups in total. The third kappa shape index (κ3) is 2.91. The SMILES string of the molecule is Cc1cc(N2C[C@@H](O)[C@H](Oc3cnn(C)c3)C2)c2cccc(F)c2n1. The highest BCUT2D eigenvalue weighted by Gasteiger charge is 2.34. The lowest BCUT2D eigenvalue weighted by atomic mass is 10.1. The maximum atomic E-state index is 14.1. The molecule has 0 aliphatic carbocycles. The van der Waals surface area contributed by atoms with E-state index in [1.54, 1.807) is 23.1 Å². The number of benzene rings is 1. The summed E-state index contributed by atoms with van der Waals surface area (Å²) in [6, 6.07) is 6.85. The van der Waals surface area contributed by atoms with Gasteiger partial charge < -0.3 is 14.7 Å². The number of pyridine rings is 1. The van der Waals surface area contributed by atoms with Crippen LogP contribution in [-0.4, -0.2) is 45.2 Å². The van der Waals surface area contributed by atoms with Crippen LogP contribution in [0.2, 0.25) is 0 Å². The van der Waals surface area contributed by atoms with E-state index >= 15 is 0 Å². The minimum atomic E-state index is -0.641. The number of ether oxygens (including phenoxy) is 1. The number of aliphatic hydroxyl groups excluding tert-OH is 1. The first-order valence-corrected chi connectivity index (χ1v) is 8.15. The lowest BCUT2D eigenvalue weighted by Gasteiger charge is -2.21. The predicted molar refractivity (Wildman–Crippen MR) is 92.3 cm³/mol. The molecule has 25 heavy (non-hydrogen) atoms. The second-order valence-electron chi connectivity index (χ2n) is 6.40. The summed E-state index contributed by atoms with van der Waals surface area (Å²) in [5, 5.41) is 15.2. The van der Waals surface area contributed by atoms with Crippen LogP contribution in [0.1, 0.15) is 5.69 Å². The van der Waals surface area contributed by atoms with E-state index in [2.05, 4.69) is 10.1 Å². The Bertz CT molecular complexity index is 927. The van der Waals surface area contributed by atoms with Gasteiger partial charge in [-0.05, 0) is 19.1 Å². The molecule has 0 amide bonds. The van der Waals surface area contributed by atoms with Gasteiger partial charge in [0.05, 0.1) is 18.9 Å². The number of fused-ring (bicyclic) bond motifs is 1. The number of hydrogen-bond donors (Lipinski definition) is 1. The van der Waals surface area contributed by atoms with Crippen LogP contribution < -0.4 is 9.64 Å². The third-order valence-electron chi connectivity index (χ3n) is 4.44. The summed E-state index contributed by atoms with van der Waals surface area (Å²) in [7, 11) is 1.81. The van der Waals surface area contributed by atoms with Gasteiger partial charge in [-0.3, -0.25) is 4.68 Å². The van der Waals surface area contributed by atoms with Crippen molar-refractivity contribution in [3.63, 3.8) is 0 Å². The maximum Gasteiger partial charge on any atom is 0.157 e. The largest absolute Gasteiger partial charge is 0.482 e. The van der Waals surface area contributed by atoms with Crippen LogP contribution in [0.4, 0.5) is 10.1 Å². The van der Waals surface area contributed by atoms with E-state index < -0.39 is 6.10 Å². The summed E-state index contributed by atoms with van der Waals surface area (Å²) >= 11 is 0. The number of hydrogen-bond acceptors (Lipinski definition) is 5. The molecule has 0 unspecified atom stereocenters. The van der Waals surface area contributed by atoms with E-state index in [0.29, 0.717) is 24.4 Å². The van der Waals surface area contributed by atoms with Gasteiger partial charge in [0.1, 0.15) is 23.5 Å². The lowest BCUT2D eigenvalue weighted by Crippen LogP contribution is -2.29. The Kier molecular flexibility index (Phi) is 3.80. The number of nitrogens with zero attached hydrogens (tertiary/aromatic N) is 4.